The lowest BCUT2D eigenvalue weighted by Gasteiger charge is -2.14. The van der Waals surface area contributed by atoms with E-state index in [1.54, 1.807) is 49.6 Å². The fraction of sp³-hybridized carbons (Fsp3) is 0.214. The Hall–Kier alpha value is -1.94. The second kappa shape index (κ2) is 6.29. The molecule has 1 aromatic heterocycles. The molecule has 0 spiro atoms. The molecule has 0 aliphatic carbocycles. The Balaban J connectivity index is 1.83. The molecule has 0 bridgehead atoms. The summed E-state index contributed by atoms with van der Waals surface area (Å²) in [5.74, 6) is 1.10. The molecular formula is C14H14ClNO3. The van der Waals surface area contributed by atoms with E-state index < -0.39 is 6.10 Å². The van der Waals surface area contributed by atoms with Gasteiger partial charge in [-0.3, -0.25) is 4.79 Å². The van der Waals surface area contributed by atoms with E-state index in [2.05, 4.69) is 5.32 Å². The Morgan fingerprint density at radius 1 is 1.37 bits per heavy atom. The predicted octanol–water partition coefficient (Wildman–Crippen LogP) is 3.02. The summed E-state index contributed by atoms with van der Waals surface area (Å²) in [6.45, 7) is 2.03. The van der Waals surface area contributed by atoms with Gasteiger partial charge in [-0.25, -0.2) is 0 Å². The standard InChI is InChI=1S/C14H14ClNO3/c1-10(19-12-6-4-11(15)5-7-12)14(17)16-9-13-3-2-8-18-13/h2-8,10H,9H2,1H3,(H,16,17). The van der Waals surface area contributed by atoms with Crippen molar-refractivity contribution >= 4 is 17.5 Å². The minimum Gasteiger partial charge on any atom is -0.481 e. The summed E-state index contributed by atoms with van der Waals surface area (Å²) in [7, 11) is 0. The van der Waals surface area contributed by atoms with Crippen LogP contribution >= 0.6 is 11.6 Å². The van der Waals surface area contributed by atoms with E-state index in [0.717, 1.165) is 0 Å². The largest absolute Gasteiger partial charge is 0.481 e. The van der Waals surface area contributed by atoms with Gasteiger partial charge in [-0.1, -0.05) is 11.6 Å². The van der Waals surface area contributed by atoms with Gasteiger partial charge in [0.25, 0.3) is 5.91 Å². The quantitative estimate of drug-likeness (QED) is 0.915. The van der Waals surface area contributed by atoms with Crippen LogP contribution in [-0.2, 0) is 11.3 Å². The second-order valence-corrected chi connectivity index (χ2v) is 4.45. The van der Waals surface area contributed by atoms with Gasteiger partial charge in [0.15, 0.2) is 6.10 Å². The van der Waals surface area contributed by atoms with Crippen LogP contribution in [-0.4, -0.2) is 12.0 Å². The molecule has 0 aliphatic rings. The highest BCUT2D eigenvalue weighted by molar-refractivity contribution is 6.30. The van der Waals surface area contributed by atoms with Crippen LogP contribution in [0.2, 0.25) is 5.02 Å². The van der Waals surface area contributed by atoms with Gasteiger partial charge in [-0.2, -0.15) is 0 Å². The second-order valence-electron chi connectivity index (χ2n) is 4.01. The van der Waals surface area contributed by atoms with Crippen LogP contribution in [0.15, 0.2) is 47.1 Å². The van der Waals surface area contributed by atoms with E-state index >= 15 is 0 Å². The number of carbonyl (C=O) groups is 1. The van der Waals surface area contributed by atoms with Crippen molar-refractivity contribution in [2.24, 2.45) is 0 Å². The van der Waals surface area contributed by atoms with Crippen molar-refractivity contribution in [3.8, 4) is 5.75 Å². The molecule has 0 saturated heterocycles. The van der Waals surface area contributed by atoms with Crippen molar-refractivity contribution in [3.63, 3.8) is 0 Å². The Bertz CT molecular complexity index is 522. The number of benzene rings is 1. The van der Waals surface area contributed by atoms with Crippen molar-refractivity contribution in [1.29, 1.82) is 0 Å². The highest BCUT2D eigenvalue weighted by atomic mass is 35.5. The topological polar surface area (TPSA) is 51.5 Å². The van der Waals surface area contributed by atoms with Crippen molar-refractivity contribution in [3.05, 3.63) is 53.4 Å². The summed E-state index contributed by atoms with van der Waals surface area (Å²) in [4.78, 5) is 11.8. The SMILES string of the molecule is CC(Oc1ccc(Cl)cc1)C(=O)NCc1ccco1. The number of hydrogen-bond donors (Lipinski definition) is 1. The molecule has 100 valence electrons. The maximum Gasteiger partial charge on any atom is 0.261 e. The van der Waals surface area contributed by atoms with Crippen molar-refractivity contribution in [2.75, 3.05) is 0 Å². The monoisotopic (exact) mass is 279 g/mol. The molecule has 4 nitrogen and oxygen atoms in total. The van der Waals surface area contributed by atoms with E-state index in [4.69, 9.17) is 20.8 Å². The van der Waals surface area contributed by atoms with Crippen molar-refractivity contribution in [2.45, 2.75) is 19.6 Å². The number of ether oxygens (including phenoxy) is 1. The third-order valence-corrected chi connectivity index (χ3v) is 2.76. The Labute approximate surface area is 116 Å². The van der Waals surface area contributed by atoms with Crippen LogP contribution in [0.25, 0.3) is 0 Å². The molecule has 5 heteroatoms. The predicted molar refractivity (Wildman–Crippen MR) is 72.1 cm³/mol. The van der Waals surface area contributed by atoms with Crippen LogP contribution in [0.1, 0.15) is 12.7 Å². The van der Waals surface area contributed by atoms with E-state index in [9.17, 15) is 4.79 Å². The van der Waals surface area contributed by atoms with Gasteiger partial charge in [-0.05, 0) is 43.3 Å². The van der Waals surface area contributed by atoms with Gasteiger partial charge >= 0.3 is 0 Å². The van der Waals surface area contributed by atoms with Gasteiger partial charge in [0.05, 0.1) is 12.8 Å². The average Bonchev–Trinajstić information content (AvgIpc) is 2.91. The zero-order valence-corrected chi connectivity index (χ0v) is 11.2. The molecule has 0 aliphatic heterocycles. The molecule has 2 rings (SSSR count). The molecule has 0 radical (unpaired) electrons. The fourth-order valence-electron chi connectivity index (χ4n) is 1.50. The highest BCUT2D eigenvalue weighted by Crippen LogP contribution is 2.16. The Kier molecular flexibility index (Phi) is 4.47. The van der Waals surface area contributed by atoms with E-state index in [0.29, 0.717) is 23.1 Å². The number of carbonyl (C=O) groups excluding carboxylic acids is 1. The number of furan rings is 1. The van der Waals surface area contributed by atoms with Crippen LogP contribution in [0.5, 0.6) is 5.75 Å². The lowest BCUT2D eigenvalue weighted by atomic mass is 10.3. The minimum absolute atomic E-state index is 0.202. The first-order valence-corrected chi connectivity index (χ1v) is 6.25. The summed E-state index contributed by atoms with van der Waals surface area (Å²) in [5.41, 5.74) is 0. The molecule has 1 amide bonds. The van der Waals surface area contributed by atoms with Gasteiger partial charge < -0.3 is 14.5 Å². The number of hydrogen-bond acceptors (Lipinski definition) is 3. The summed E-state index contributed by atoms with van der Waals surface area (Å²) in [5, 5.41) is 3.36. The first kappa shape index (κ1) is 13.5. The van der Waals surface area contributed by atoms with Gasteiger partial charge in [-0.15, -0.1) is 0 Å². The molecule has 1 atom stereocenters. The first-order valence-electron chi connectivity index (χ1n) is 5.87. The van der Waals surface area contributed by atoms with E-state index in [-0.39, 0.29) is 5.91 Å². The average molecular weight is 280 g/mol. The molecule has 1 N–H and O–H groups in total. The van der Waals surface area contributed by atoms with Crippen molar-refractivity contribution in [1.82, 2.24) is 5.32 Å². The van der Waals surface area contributed by atoms with E-state index in [1.807, 2.05) is 0 Å². The number of rotatable bonds is 5. The molecule has 0 saturated carbocycles. The Morgan fingerprint density at radius 3 is 2.74 bits per heavy atom. The van der Waals surface area contributed by atoms with Gasteiger partial charge in [0.1, 0.15) is 11.5 Å². The molecule has 1 heterocycles. The van der Waals surface area contributed by atoms with Gasteiger partial charge in [0, 0.05) is 5.02 Å². The smallest absolute Gasteiger partial charge is 0.261 e. The highest BCUT2D eigenvalue weighted by Gasteiger charge is 2.14. The molecular weight excluding hydrogens is 266 g/mol. The van der Waals surface area contributed by atoms with Crippen LogP contribution in [0.3, 0.4) is 0 Å². The lowest BCUT2D eigenvalue weighted by molar-refractivity contribution is -0.127. The number of nitrogens with one attached hydrogen (secondary N) is 1. The number of halogens is 1. The zero-order chi connectivity index (χ0) is 13.7. The lowest BCUT2D eigenvalue weighted by Crippen LogP contribution is -2.35. The summed E-state index contributed by atoms with van der Waals surface area (Å²) in [6, 6.07) is 10.4. The van der Waals surface area contributed by atoms with Crippen LogP contribution in [0.4, 0.5) is 0 Å². The maximum absolute atomic E-state index is 11.8. The number of amides is 1. The molecule has 1 unspecified atom stereocenters. The zero-order valence-electron chi connectivity index (χ0n) is 10.4. The molecule has 19 heavy (non-hydrogen) atoms. The molecule has 2 aromatic rings. The normalized spacial score (nSPS) is 11.9. The minimum atomic E-state index is -0.587. The fourth-order valence-corrected chi connectivity index (χ4v) is 1.63. The third kappa shape index (κ3) is 4.03. The van der Waals surface area contributed by atoms with Gasteiger partial charge in [0.2, 0.25) is 0 Å². The summed E-state index contributed by atoms with van der Waals surface area (Å²) >= 11 is 5.77. The van der Waals surface area contributed by atoms with Crippen LogP contribution < -0.4 is 10.1 Å². The summed E-state index contributed by atoms with van der Waals surface area (Å²) < 4.78 is 10.6. The molecule has 1 aromatic carbocycles. The van der Waals surface area contributed by atoms with Crippen LogP contribution in [0, 0.1) is 0 Å². The first-order chi connectivity index (χ1) is 9.15. The third-order valence-electron chi connectivity index (χ3n) is 2.51. The van der Waals surface area contributed by atoms with E-state index in [1.165, 1.54) is 0 Å². The Morgan fingerprint density at radius 2 is 2.11 bits per heavy atom. The van der Waals surface area contributed by atoms with Crippen molar-refractivity contribution < 1.29 is 13.9 Å². The molecule has 0 fully saturated rings. The summed E-state index contributed by atoms with van der Waals surface area (Å²) in [6.07, 6.45) is 0.978. The maximum atomic E-state index is 11.8.